The standard InChI is InChI=1S/C14H24N4O2/c1-10(2)13(16-14(19)20)12-8-18(9-15-12)7-11-5-4-6-17(11)3/h8-11,13,16H,4-7H2,1-3H3,(H,19,20)/t11?,13-/m0/s1. The normalized spacial score (nSPS) is 21.3. The Bertz CT molecular complexity index is 458. The lowest BCUT2D eigenvalue weighted by Crippen LogP contribution is -2.30. The minimum absolute atomic E-state index is 0.170. The molecule has 1 fully saturated rings. The lowest BCUT2D eigenvalue weighted by atomic mass is 10.0. The second-order valence-corrected chi connectivity index (χ2v) is 5.94. The Balaban J connectivity index is 2.04. The van der Waals surface area contributed by atoms with Crippen LogP contribution in [0.3, 0.4) is 0 Å². The summed E-state index contributed by atoms with van der Waals surface area (Å²) in [5.74, 6) is 0.170. The Morgan fingerprint density at radius 1 is 1.60 bits per heavy atom. The zero-order chi connectivity index (χ0) is 14.7. The zero-order valence-electron chi connectivity index (χ0n) is 12.4. The third-order valence-electron chi connectivity index (χ3n) is 4.01. The van der Waals surface area contributed by atoms with Crippen molar-refractivity contribution in [2.24, 2.45) is 5.92 Å². The van der Waals surface area contributed by atoms with Gasteiger partial charge in [-0.15, -0.1) is 0 Å². The number of carbonyl (C=O) groups is 1. The van der Waals surface area contributed by atoms with Crippen LogP contribution in [-0.2, 0) is 6.54 Å². The molecule has 0 saturated carbocycles. The van der Waals surface area contributed by atoms with Gasteiger partial charge in [0.2, 0.25) is 0 Å². The number of hydrogen-bond acceptors (Lipinski definition) is 3. The molecule has 2 N–H and O–H groups in total. The van der Waals surface area contributed by atoms with Gasteiger partial charge in [-0.3, -0.25) is 0 Å². The number of likely N-dealkylation sites (N-methyl/N-ethyl adjacent to an activating group) is 1. The number of likely N-dealkylation sites (tertiary alicyclic amines) is 1. The molecule has 2 atom stereocenters. The summed E-state index contributed by atoms with van der Waals surface area (Å²) in [6.07, 6.45) is 5.23. The summed E-state index contributed by atoms with van der Waals surface area (Å²) in [7, 11) is 2.15. The van der Waals surface area contributed by atoms with E-state index < -0.39 is 6.09 Å². The van der Waals surface area contributed by atoms with E-state index in [4.69, 9.17) is 5.11 Å². The van der Waals surface area contributed by atoms with Crippen molar-refractivity contribution >= 4 is 6.09 Å². The molecule has 0 radical (unpaired) electrons. The Morgan fingerprint density at radius 3 is 2.90 bits per heavy atom. The fraction of sp³-hybridized carbons (Fsp3) is 0.714. The van der Waals surface area contributed by atoms with Gasteiger partial charge in [0.15, 0.2) is 0 Å². The van der Waals surface area contributed by atoms with Crippen molar-refractivity contribution in [3.05, 3.63) is 18.2 Å². The van der Waals surface area contributed by atoms with Crippen LogP contribution in [-0.4, -0.2) is 45.3 Å². The third kappa shape index (κ3) is 3.50. The monoisotopic (exact) mass is 280 g/mol. The number of aromatic nitrogens is 2. The highest BCUT2D eigenvalue weighted by Crippen LogP contribution is 2.21. The average Bonchev–Trinajstić information content (AvgIpc) is 2.97. The summed E-state index contributed by atoms with van der Waals surface area (Å²) in [6, 6.07) is 0.303. The van der Waals surface area contributed by atoms with Crippen LogP contribution < -0.4 is 5.32 Å². The summed E-state index contributed by atoms with van der Waals surface area (Å²) in [5, 5.41) is 11.5. The first-order valence-corrected chi connectivity index (χ1v) is 7.18. The Hall–Kier alpha value is -1.56. The molecule has 0 aliphatic carbocycles. The van der Waals surface area contributed by atoms with Crippen LogP contribution in [0.5, 0.6) is 0 Å². The number of carboxylic acid groups (broad SMARTS) is 1. The lowest BCUT2D eigenvalue weighted by molar-refractivity contribution is 0.185. The smallest absolute Gasteiger partial charge is 0.405 e. The van der Waals surface area contributed by atoms with Gasteiger partial charge in [0.25, 0.3) is 0 Å². The number of nitrogens with zero attached hydrogens (tertiary/aromatic N) is 3. The van der Waals surface area contributed by atoms with Crippen LogP contribution in [0.2, 0.25) is 0 Å². The Morgan fingerprint density at radius 2 is 2.35 bits per heavy atom. The van der Waals surface area contributed by atoms with E-state index in [0.29, 0.717) is 6.04 Å². The van der Waals surface area contributed by atoms with E-state index in [2.05, 4.69) is 26.8 Å². The van der Waals surface area contributed by atoms with Gasteiger partial charge in [0.1, 0.15) is 0 Å². The van der Waals surface area contributed by atoms with Gasteiger partial charge >= 0.3 is 6.09 Å². The molecule has 1 amide bonds. The van der Waals surface area contributed by atoms with Gasteiger partial charge in [0, 0.05) is 18.8 Å². The molecule has 6 nitrogen and oxygen atoms in total. The van der Waals surface area contributed by atoms with Crippen LogP contribution in [0.15, 0.2) is 12.5 Å². The predicted molar refractivity (Wildman–Crippen MR) is 76.6 cm³/mol. The van der Waals surface area contributed by atoms with E-state index in [1.807, 2.05) is 20.0 Å². The minimum Gasteiger partial charge on any atom is -0.465 e. The molecule has 20 heavy (non-hydrogen) atoms. The molecule has 6 heteroatoms. The molecule has 1 unspecified atom stereocenters. The second-order valence-electron chi connectivity index (χ2n) is 5.94. The number of imidazole rings is 1. The van der Waals surface area contributed by atoms with Crippen LogP contribution in [0.4, 0.5) is 4.79 Å². The van der Waals surface area contributed by atoms with Gasteiger partial charge in [-0.2, -0.15) is 0 Å². The molecule has 0 bridgehead atoms. The summed E-state index contributed by atoms with van der Waals surface area (Å²) in [5.41, 5.74) is 0.794. The average molecular weight is 280 g/mol. The highest BCUT2D eigenvalue weighted by molar-refractivity contribution is 5.65. The fourth-order valence-corrected chi connectivity index (χ4v) is 2.81. The van der Waals surface area contributed by atoms with Crippen molar-refractivity contribution < 1.29 is 9.90 Å². The molecule has 1 saturated heterocycles. The fourth-order valence-electron chi connectivity index (χ4n) is 2.81. The highest BCUT2D eigenvalue weighted by Gasteiger charge is 2.23. The van der Waals surface area contributed by atoms with E-state index in [0.717, 1.165) is 18.8 Å². The molecule has 2 rings (SSSR count). The van der Waals surface area contributed by atoms with Gasteiger partial charge < -0.3 is 19.9 Å². The largest absolute Gasteiger partial charge is 0.465 e. The van der Waals surface area contributed by atoms with Crippen molar-refractivity contribution in [1.82, 2.24) is 19.8 Å². The van der Waals surface area contributed by atoms with E-state index in [9.17, 15) is 4.79 Å². The van der Waals surface area contributed by atoms with Gasteiger partial charge in [-0.05, 0) is 32.4 Å². The van der Waals surface area contributed by atoms with Crippen LogP contribution in [0.25, 0.3) is 0 Å². The minimum atomic E-state index is -1.01. The van der Waals surface area contributed by atoms with Crippen molar-refractivity contribution in [3.63, 3.8) is 0 Å². The third-order valence-corrected chi connectivity index (χ3v) is 4.01. The first kappa shape index (κ1) is 14.8. The van der Waals surface area contributed by atoms with E-state index in [-0.39, 0.29) is 12.0 Å². The molecular weight excluding hydrogens is 256 g/mol. The summed E-state index contributed by atoms with van der Waals surface area (Å²) >= 11 is 0. The molecule has 1 aliphatic rings. The van der Waals surface area contributed by atoms with Crippen molar-refractivity contribution in [2.75, 3.05) is 13.6 Å². The van der Waals surface area contributed by atoms with E-state index >= 15 is 0 Å². The molecule has 2 heterocycles. The number of nitrogens with one attached hydrogen (secondary N) is 1. The molecule has 1 aliphatic heterocycles. The van der Waals surface area contributed by atoms with Gasteiger partial charge in [-0.1, -0.05) is 13.8 Å². The molecule has 112 valence electrons. The van der Waals surface area contributed by atoms with Gasteiger partial charge in [0.05, 0.1) is 18.1 Å². The van der Waals surface area contributed by atoms with Crippen LogP contribution in [0.1, 0.15) is 38.4 Å². The van der Waals surface area contributed by atoms with Crippen LogP contribution >= 0.6 is 0 Å². The van der Waals surface area contributed by atoms with E-state index in [1.54, 1.807) is 6.33 Å². The maximum Gasteiger partial charge on any atom is 0.405 e. The van der Waals surface area contributed by atoms with Crippen molar-refractivity contribution in [1.29, 1.82) is 0 Å². The summed E-state index contributed by atoms with van der Waals surface area (Å²) in [4.78, 5) is 17.6. The molecule has 0 aromatic carbocycles. The molecule has 1 aromatic rings. The lowest BCUT2D eigenvalue weighted by Gasteiger charge is -2.20. The van der Waals surface area contributed by atoms with Crippen molar-refractivity contribution in [3.8, 4) is 0 Å². The first-order valence-electron chi connectivity index (χ1n) is 7.18. The number of rotatable bonds is 5. The maximum absolute atomic E-state index is 10.9. The second kappa shape index (κ2) is 6.26. The topological polar surface area (TPSA) is 70.4 Å². The quantitative estimate of drug-likeness (QED) is 0.864. The van der Waals surface area contributed by atoms with Crippen LogP contribution in [0, 0.1) is 5.92 Å². The molecule has 0 spiro atoms. The number of hydrogen-bond donors (Lipinski definition) is 2. The van der Waals surface area contributed by atoms with Crippen molar-refractivity contribution in [2.45, 2.75) is 45.3 Å². The molecule has 1 aromatic heterocycles. The Labute approximate surface area is 119 Å². The zero-order valence-corrected chi connectivity index (χ0v) is 12.4. The number of amides is 1. The molecular formula is C14H24N4O2. The first-order chi connectivity index (χ1) is 9.47. The predicted octanol–water partition coefficient (Wildman–Crippen LogP) is 1.94. The summed E-state index contributed by atoms with van der Waals surface area (Å²) in [6.45, 7) is 6.05. The summed E-state index contributed by atoms with van der Waals surface area (Å²) < 4.78 is 2.07. The Kier molecular flexibility index (Phi) is 4.65. The van der Waals surface area contributed by atoms with Gasteiger partial charge in [-0.25, -0.2) is 9.78 Å². The van der Waals surface area contributed by atoms with E-state index in [1.165, 1.54) is 12.8 Å². The highest BCUT2D eigenvalue weighted by atomic mass is 16.4. The maximum atomic E-state index is 10.9. The SMILES string of the molecule is CC(C)[C@H](NC(=O)O)c1cn(CC2CCCN2C)cn1.